The van der Waals surface area contributed by atoms with Gasteiger partial charge < -0.3 is 16.2 Å². The molecule has 3 aromatic rings. The van der Waals surface area contributed by atoms with E-state index >= 15 is 0 Å². The van der Waals surface area contributed by atoms with Crippen molar-refractivity contribution in [1.82, 2.24) is 4.90 Å². The maximum absolute atomic E-state index is 13.3. The van der Waals surface area contributed by atoms with Gasteiger partial charge in [0.15, 0.2) is 5.96 Å². The summed E-state index contributed by atoms with van der Waals surface area (Å²) >= 11 is 0. The molecule has 152 valence electrons. The van der Waals surface area contributed by atoms with Crippen molar-refractivity contribution in [3.63, 3.8) is 0 Å². The van der Waals surface area contributed by atoms with Crippen LogP contribution in [0.15, 0.2) is 83.9 Å². The highest BCUT2D eigenvalue weighted by Gasteiger charge is 2.47. The van der Waals surface area contributed by atoms with Gasteiger partial charge in [0, 0.05) is 12.7 Å². The molecule has 0 aromatic heterocycles. The largest absolute Gasteiger partial charge is 0.457 e. The molecule has 0 aliphatic carbocycles. The molecule has 0 unspecified atom stereocenters. The van der Waals surface area contributed by atoms with Gasteiger partial charge in [-0.05, 0) is 54.4 Å². The summed E-state index contributed by atoms with van der Waals surface area (Å²) < 4.78 is 5.88. The van der Waals surface area contributed by atoms with Crippen LogP contribution in [0.1, 0.15) is 24.0 Å². The predicted molar refractivity (Wildman–Crippen MR) is 118 cm³/mol. The SMILES string of the molecule is CN1C(=O)[C@H](c2ccc(Oc3ccccc3)cc2)[C@@](C)(c2cccc(N)c2)N=C1N. The van der Waals surface area contributed by atoms with Crippen molar-refractivity contribution in [3.8, 4) is 11.5 Å². The van der Waals surface area contributed by atoms with Crippen molar-refractivity contribution >= 4 is 17.6 Å². The summed E-state index contributed by atoms with van der Waals surface area (Å²) in [6.07, 6.45) is 0. The Morgan fingerprint density at radius 3 is 2.27 bits per heavy atom. The number of hydrogen-bond donors (Lipinski definition) is 2. The monoisotopic (exact) mass is 400 g/mol. The Kier molecular flexibility index (Phi) is 4.91. The van der Waals surface area contributed by atoms with Gasteiger partial charge in [-0.3, -0.25) is 9.69 Å². The molecule has 1 aliphatic rings. The molecule has 0 saturated carbocycles. The number of carbonyl (C=O) groups excluding carboxylic acids is 1. The van der Waals surface area contributed by atoms with Crippen molar-refractivity contribution in [2.45, 2.75) is 18.4 Å². The van der Waals surface area contributed by atoms with E-state index in [0.717, 1.165) is 16.9 Å². The number of guanidine groups is 1. The Hall–Kier alpha value is -3.80. The summed E-state index contributed by atoms with van der Waals surface area (Å²) in [5.41, 5.74) is 13.5. The van der Waals surface area contributed by atoms with Crippen LogP contribution in [0.5, 0.6) is 11.5 Å². The highest BCUT2D eigenvalue weighted by Crippen LogP contribution is 2.44. The average Bonchev–Trinajstić information content (AvgIpc) is 2.74. The molecular formula is C24H24N4O2. The third-order valence-electron chi connectivity index (χ3n) is 5.49. The average molecular weight is 400 g/mol. The first kappa shape index (κ1) is 19.5. The number of nitrogens with zero attached hydrogens (tertiary/aromatic N) is 2. The van der Waals surface area contributed by atoms with Crippen molar-refractivity contribution in [2.24, 2.45) is 10.7 Å². The lowest BCUT2D eigenvalue weighted by Gasteiger charge is -2.41. The summed E-state index contributed by atoms with van der Waals surface area (Å²) in [7, 11) is 1.64. The van der Waals surface area contributed by atoms with Crippen molar-refractivity contribution in [1.29, 1.82) is 0 Å². The molecule has 0 fully saturated rings. The van der Waals surface area contributed by atoms with E-state index in [4.69, 9.17) is 21.2 Å². The number of benzene rings is 3. The van der Waals surface area contributed by atoms with E-state index in [1.54, 1.807) is 13.1 Å². The quantitative estimate of drug-likeness (QED) is 0.651. The van der Waals surface area contributed by atoms with Crippen LogP contribution in [-0.2, 0) is 10.3 Å². The van der Waals surface area contributed by atoms with E-state index in [-0.39, 0.29) is 11.9 Å². The second-order valence-electron chi connectivity index (χ2n) is 7.56. The van der Waals surface area contributed by atoms with Crippen LogP contribution < -0.4 is 16.2 Å². The highest BCUT2D eigenvalue weighted by atomic mass is 16.5. The number of likely N-dealkylation sites (N-methyl/N-ethyl adjacent to an activating group) is 1. The lowest BCUT2D eigenvalue weighted by atomic mass is 9.74. The number of para-hydroxylation sites is 1. The second-order valence-corrected chi connectivity index (χ2v) is 7.56. The summed E-state index contributed by atoms with van der Waals surface area (Å²) in [5, 5.41) is 0. The number of nitrogens with two attached hydrogens (primary N) is 2. The standard InChI is InChI=1S/C24H24N4O2/c1-24(17-7-6-8-18(25)15-17)21(22(29)28(2)23(26)27-24)16-11-13-20(14-12-16)30-19-9-4-3-5-10-19/h3-15,21H,25H2,1-2H3,(H2,26,27)/t21-,24+/m0/s1. The van der Waals surface area contributed by atoms with Crippen LogP contribution in [0.4, 0.5) is 5.69 Å². The number of nitrogen functional groups attached to an aromatic ring is 1. The normalized spacial score (nSPS) is 21.3. The molecule has 0 spiro atoms. The van der Waals surface area contributed by atoms with Gasteiger partial charge in [-0.2, -0.15) is 0 Å². The van der Waals surface area contributed by atoms with Gasteiger partial charge in [0.05, 0.1) is 5.92 Å². The van der Waals surface area contributed by atoms with Crippen molar-refractivity contribution < 1.29 is 9.53 Å². The summed E-state index contributed by atoms with van der Waals surface area (Å²) in [6, 6.07) is 24.5. The molecule has 3 aromatic carbocycles. The highest BCUT2D eigenvalue weighted by molar-refractivity contribution is 6.02. The predicted octanol–water partition coefficient (Wildman–Crippen LogP) is 3.85. The molecule has 0 radical (unpaired) electrons. The Bertz CT molecular complexity index is 1100. The van der Waals surface area contributed by atoms with Gasteiger partial charge in [0.1, 0.15) is 17.0 Å². The molecule has 6 heteroatoms. The van der Waals surface area contributed by atoms with E-state index in [0.29, 0.717) is 11.4 Å². The van der Waals surface area contributed by atoms with Gasteiger partial charge in [0.2, 0.25) is 5.91 Å². The van der Waals surface area contributed by atoms with Gasteiger partial charge in [-0.25, -0.2) is 4.99 Å². The van der Waals surface area contributed by atoms with E-state index in [1.807, 2.05) is 79.7 Å². The van der Waals surface area contributed by atoms with Crippen molar-refractivity contribution in [2.75, 3.05) is 12.8 Å². The van der Waals surface area contributed by atoms with Crippen molar-refractivity contribution in [3.05, 3.63) is 90.0 Å². The fourth-order valence-corrected chi connectivity index (χ4v) is 3.83. The van der Waals surface area contributed by atoms with Crippen LogP contribution in [0.25, 0.3) is 0 Å². The molecule has 0 saturated heterocycles. The Morgan fingerprint density at radius 2 is 1.60 bits per heavy atom. The van der Waals surface area contributed by atoms with E-state index in [1.165, 1.54) is 4.90 Å². The number of amides is 1. The fraction of sp³-hybridized carbons (Fsp3) is 0.167. The minimum Gasteiger partial charge on any atom is -0.457 e. The maximum Gasteiger partial charge on any atom is 0.239 e. The molecule has 30 heavy (non-hydrogen) atoms. The molecule has 1 heterocycles. The molecule has 4 N–H and O–H groups in total. The summed E-state index contributed by atoms with van der Waals surface area (Å²) in [6.45, 7) is 1.92. The Morgan fingerprint density at radius 1 is 0.933 bits per heavy atom. The minimum absolute atomic E-state index is 0.121. The molecule has 1 aliphatic heterocycles. The number of ether oxygens (including phenoxy) is 1. The zero-order valence-corrected chi connectivity index (χ0v) is 16.9. The van der Waals surface area contributed by atoms with Gasteiger partial charge in [0.25, 0.3) is 0 Å². The number of carbonyl (C=O) groups is 1. The number of hydrogen-bond acceptors (Lipinski definition) is 5. The molecule has 4 rings (SSSR count). The van der Waals surface area contributed by atoms with Crippen LogP contribution >= 0.6 is 0 Å². The van der Waals surface area contributed by atoms with Crippen LogP contribution in [0.3, 0.4) is 0 Å². The first-order chi connectivity index (χ1) is 14.4. The lowest BCUT2D eigenvalue weighted by molar-refractivity contribution is -0.130. The molecular weight excluding hydrogens is 376 g/mol. The fourth-order valence-electron chi connectivity index (χ4n) is 3.83. The molecule has 2 atom stereocenters. The Labute approximate surface area is 175 Å². The zero-order valence-electron chi connectivity index (χ0n) is 16.9. The number of rotatable bonds is 4. The van der Waals surface area contributed by atoms with Gasteiger partial charge >= 0.3 is 0 Å². The number of anilines is 1. The molecule has 6 nitrogen and oxygen atoms in total. The van der Waals surface area contributed by atoms with E-state index in [9.17, 15) is 4.79 Å². The third-order valence-corrected chi connectivity index (χ3v) is 5.49. The van der Waals surface area contributed by atoms with Crippen LogP contribution in [0.2, 0.25) is 0 Å². The van der Waals surface area contributed by atoms with E-state index < -0.39 is 11.5 Å². The Balaban J connectivity index is 1.73. The topological polar surface area (TPSA) is 93.9 Å². The first-order valence-electron chi connectivity index (χ1n) is 9.70. The minimum atomic E-state index is -0.884. The van der Waals surface area contributed by atoms with Gasteiger partial charge in [-0.15, -0.1) is 0 Å². The summed E-state index contributed by atoms with van der Waals surface area (Å²) in [4.78, 5) is 19.4. The molecule has 0 bridgehead atoms. The second kappa shape index (κ2) is 7.55. The first-order valence-corrected chi connectivity index (χ1v) is 9.70. The smallest absolute Gasteiger partial charge is 0.239 e. The van der Waals surface area contributed by atoms with Gasteiger partial charge in [-0.1, -0.05) is 42.5 Å². The zero-order chi connectivity index (χ0) is 21.3. The van der Waals surface area contributed by atoms with E-state index in [2.05, 4.69) is 0 Å². The summed E-state index contributed by atoms with van der Waals surface area (Å²) in [5.74, 6) is 0.952. The van der Waals surface area contributed by atoms with Crippen LogP contribution in [-0.4, -0.2) is 23.8 Å². The maximum atomic E-state index is 13.3. The third kappa shape index (κ3) is 3.48. The lowest BCUT2D eigenvalue weighted by Crippen LogP contribution is -2.52. The van der Waals surface area contributed by atoms with Crippen LogP contribution in [0, 0.1) is 0 Å². The number of aliphatic imine (C=N–C) groups is 1. The molecule has 1 amide bonds.